The molecule has 0 bridgehead atoms. The molecule has 0 fully saturated rings. The standard InChI is InChI=1S/C12H16N6O/c1-17(2)11-4-6-13-10(16-11)8-14-12(19)9-18-7-3-5-15-18/h3-7H,8-9H2,1-2H3,(H,14,19). The molecule has 0 saturated carbocycles. The molecule has 19 heavy (non-hydrogen) atoms. The van der Waals surface area contributed by atoms with Crippen molar-refractivity contribution in [2.24, 2.45) is 0 Å². The summed E-state index contributed by atoms with van der Waals surface area (Å²) < 4.78 is 1.56. The third-order valence-corrected chi connectivity index (χ3v) is 2.46. The van der Waals surface area contributed by atoms with Gasteiger partial charge in [-0.25, -0.2) is 9.97 Å². The number of hydrogen-bond acceptors (Lipinski definition) is 5. The number of nitrogens with one attached hydrogen (secondary N) is 1. The average Bonchev–Trinajstić information content (AvgIpc) is 2.89. The van der Waals surface area contributed by atoms with Gasteiger partial charge in [-0.2, -0.15) is 5.10 Å². The number of anilines is 1. The maximum Gasteiger partial charge on any atom is 0.242 e. The molecule has 0 aromatic carbocycles. The van der Waals surface area contributed by atoms with Gasteiger partial charge in [0.2, 0.25) is 5.91 Å². The van der Waals surface area contributed by atoms with Crippen LogP contribution in [0.15, 0.2) is 30.7 Å². The van der Waals surface area contributed by atoms with Gasteiger partial charge in [-0.05, 0) is 12.1 Å². The largest absolute Gasteiger partial charge is 0.363 e. The molecule has 100 valence electrons. The van der Waals surface area contributed by atoms with Crippen molar-refractivity contribution in [1.82, 2.24) is 25.1 Å². The fraction of sp³-hybridized carbons (Fsp3) is 0.333. The van der Waals surface area contributed by atoms with Gasteiger partial charge in [0.25, 0.3) is 0 Å². The van der Waals surface area contributed by atoms with Crippen LogP contribution in [-0.4, -0.2) is 39.8 Å². The van der Waals surface area contributed by atoms with Gasteiger partial charge in [-0.1, -0.05) is 0 Å². The van der Waals surface area contributed by atoms with E-state index in [1.165, 1.54) is 0 Å². The van der Waals surface area contributed by atoms with Crippen molar-refractivity contribution >= 4 is 11.7 Å². The first-order chi connectivity index (χ1) is 9.15. The molecule has 1 N–H and O–H groups in total. The van der Waals surface area contributed by atoms with Crippen molar-refractivity contribution in [3.05, 3.63) is 36.5 Å². The van der Waals surface area contributed by atoms with E-state index in [1.807, 2.05) is 25.1 Å². The first-order valence-electron chi connectivity index (χ1n) is 5.88. The summed E-state index contributed by atoms with van der Waals surface area (Å²) in [7, 11) is 3.81. The maximum absolute atomic E-state index is 11.7. The predicted molar refractivity (Wildman–Crippen MR) is 70.4 cm³/mol. The normalized spacial score (nSPS) is 10.2. The Morgan fingerprint density at radius 3 is 2.95 bits per heavy atom. The molecule has 7 heteroatoms. The van der Waals surface area contributed by atoms with E-state index in [4.69, 9.17) is 0 Å². The zero-order valence-electron chi connectivity index (χ0n) is 10.9. The van der Waals surface area contributed by atoms with Crippen molar-refractivity contribution in [1.29, 1.82) is 0 Å². The van der Waals surface area contributed by atoms with Crippen molar-refractivity contribution < 1.29 is 4.79 Å². The van der Waals surface area contributed by atoms with E-state index in [9.17, 15) is 4.79 Å². The van der Waals surface area contributed by atoms with Gasteiger partial charge in [0, 0.05) is 32.7 Å². The Bertz CT molecular complexity index is 537. The molecule has 0 aliphatic heterocycles. The van der Waals surface area contributed by atoms with Crippen molar-refractivity contribution in [2.45, 2.75) is 13.1 Å². The summed E-state index contributed by atoms with van der Waals surface area (Å²) in [5, 5.41) is 6.73. The molecule has 7 nitrogen and oxygen atoms in total. The van der Waals surface area contributed by atoms with Gasteiger partial charge in [0.15, 0.2) is 0 Å². The molecule has 2 aromatic rings. The topological polar surface area (TPSA) is 75.9 Å². The lowest BCUT2D eigenvalue weighted by molar-refractivity contribution is -0.122. The minimum atomic E-state index is -0.123. The second-order valence-corrected chi connectivity index (χ2v) is 4.21. The Hall–Kier alpha value is -2.44. The van der Waals surface area contributed by atoms with Gasteiger partial charge in [-0.3, -0.25) is 9.48 Å². The fourth-order valence-electron chi connectivity index (χ4n) is 1.50. The van der Waals surface area contributed by atoms with E-state index < -0.39 is 0 Å². The smallest absolute Gasteiger partial charge is 0.242 e. The summed E-state index contributed by atoms with van der Waals surface area (Å²) in [5.74, 6) is 1.27. The van der Waals surface area contributed by atoms with Crippen LogP contribution < -0.4 is 10.2 Å². The van der Waals surface area contributed by atoms with E-state index in [0.29, 0.717) is 12.4 Å². The molecule has 0 radical (unpaired) electrons. The molecule has 1 amide bonds. The summed E-state index contributed by atoms with van der Waals surface area (Å²) in [4.78, 5) is 22.0. The lowest BCUT2D eigenvalue weighted by atomic mass is 10.4. The zero-order chi connectivity index (χ0) is 13.7. The molecule has 0 saturated heterocycles. The van der Waals surface area contributed by atoms with Gasteiger partial charge < -0.3 is 10.2 Å². The summed E-state index contributed by atoms with van der Waals surface area (Å²) in [6.07, 6.45) is 5.05. The number of aromatic nitrogens is 4. The molecule has 0 unspecified atom stereocenters. The number of rotatable bonds is 5. The minimum absolute atomic E-state index is 0.123. The highest BCUT2D eigenvalue weighted by Crippen LogP contribution is 2.04. The summed E-state index contributed by atoms with van der Waals surface area (Å²) in [6, 6.07) is 3.59. The van der Waals surface area contributed by atoms with Gasteiger partial charge in [-0.15, -0.1) is 0 Å². The Morgan fingerprint density at radius 1 is 1.42 bits per heavy atom. The SMILES string of the molecule is CN(C)c1ccnc(CNC(=O)Cn2cccn2)n1. The molecule has 2 rings (SSSR count). The van der Waals surface area contributed by atoms with Crippen LogP contribution in [0.3, 0.4) is 0 Å². The molecule has 0 atom stereocenters. The molecule has 0 spiro atoms. The second-order valence-electron chi connectivity index (χ2n) is 4.21. The van der Waals surface area contributed by atoms with Crippen LogP contribution in [0.5, 0.6) is 0 Å². The number of amides is 1. The summed E-state index contributed by atoms with van der Waals surface area (Å²) >= 11 is 0. The minimum Gasteiger partial charge on any atom is -0.363 e. The molecule has 2 heterocycles. The number of hydrogen-bond donors (Lipinski definition) is 1. The Kier molecular flexibility index (Phi) is 4.07. The first kappa shape index (κ1) is 13.0. The average molecular weight is 260 g/mol. The van der Waals surface area contributed by atoms with Crippen molar-refractivity contribution in [3.63, 3.8) is 0 Å². The Labute approximate surface area is 111 Å². The molecule has 2 aromatic heterocycles. The van der Waals surface area contributed by atoms with Crippen LogP contribution in [0.2, 0.25) is 0 Å². The van der Waals surface area contributed by atoms with Gasteiger partial charge >= 0.3 is 0 Å². The van der Waals surface area contributed by atoms with Crippen LogP contribution in [-0.2, 0) is 17.9 Å². The zero-order valence-corrected chi connectivity index (χ0v) is 10.9. The Balaban J connectivity index is 1.88. The highest BCUT2D eigenvalue weighted by molar-refractivity contribution is 5.75. The van der Waals surface area contributed by atoms with Crippen LogP contribution in [0.1, 0.15) is 5.82 Å². The van der Waals surface area contributed by atoms with Crippen LogP contribution >= 0.6 is 0 Å². The molecular formula is C12H16N6O. The third-order valence-electron chi connectivity index (χ3n) is 2.46. The predicted octanol–water partition coefficient (Wildman–Crippen LogP) is 0.0555. The van der Waals surface area contributed by atoms with Crippen molar-refractivity contribution in [3.8, 4) is 0 Å². The van der Waals surface area contributed by atoms with Crippen LogP contribution in [0.25, 0.3) is 0 Å². The van der Waals surface area contributed by atoms with Crippen LogP contribution in [0.4, 0.5) is 5.82 Å². The molecule has 0 aliphatic carbocycles. The summed E-state index contributed by atoms with van der Waals surface area (Å²) in [5.41, 5.74) is 0. The summed E-state index contributed by atoms with van der Waals surface area (Å²) in [6.45, 7) is 0.502. The van der Waals surface area contributed by atoms with Crippen LogP contribution in [0, 0.1) is 0 Å². The quantitative estimate of drug-likeness (QED) is 0.822. The molecular weight excluding hydrogens is 244 g/mol. The number of nitrogens with zero attached hydrogens (tertiary/aromatic N) is 5. The van der Waals surface area contributed by atoms with Gasteiger partial charge in [0.1, 0.15) is 18.2 Å². The van der Waals surface area contributed by atoms with Crippen molar-refractivity contribution in [2.75, 3.05) is 19.0 Å². The monoisotopic (exact) mass is 260 g/mol. The van der Waals surface area contributed by atoms with E-state index >= 15 is 0 Å². The molecule has 0 aliphatic rings. The highest BCUT2D eigenvalue weighted by atomic mass is 16.2. The number of carbonyl (C=O) groups excluding carboxylic acids is 1. The maximum atomic E-state index is 11.7. The first-order valence-corrected chi connectivity index (χ1v) is 5.88. The third kappa shape index (κ3) is 3.77. The van der Waals surface area contributed by atoms with E-state index in [2.05, 4.69) is 20.4 Å². The lowest BCUT2D eigenvalue weighted by Gasteiger charge is -2.11. The second kappa shape index (κ2) is 5.94. The van der Waals surface area contributed by atoms with E-state index in [-0.39, 0.29) is 12.5 Å². The number of carbonyl (C=O) groups is 1. The lowest BCUT2D eigenvalue weighted by Crippen LogP contribution is -2.28. The van der Waals surface area contributed by atoms with Gasteiger partial charge in [0.05, 0.1) is 6.54 Å². The fourth-order valence-corrected chi connectivity index (χ4v) is 1.50. The van der Waals surface area contributed by atoms with E-state index in [1.54, 1.807) is 29.3 Å². The Morgan fingerprint density at radius 2 is 2.26 bits per heavy atom. The highest BCUT2D eigenvalue weighted by Gasteiger charge is 2.05. The van der Waals surface area contributed by atoms with E-state index in [0.717, 1.165) is 5.82 Å².